The van der Waals surface area contributed by atoms with E-state index in [2.05, 4.69) is 79.7 Å². The Balaban J connectivity index is 1.77. The zero-order chi connectivity index (χ0) is 40.5. The number of amides is 4. The summed E-state index contributed by atoms with van der Waals surface area (Å²) in [6, 6.07) is 14.5. The fourth-order valence-electron chi connectivity index (χ4n) is 6.83. The van der Waals surface area contributed by atoms with Gasteiger partial charge < -0.3 is 21.3 Å². The molecule has 10 heteroatoms. The van der Waals surface area contributed by atoms with Crippen molar-refractivity contribution >= 4 is 47.4 Å². The maximum atomic E-state index is 13.4. The highest BCUT2D eigenvalue weighted by Crippen LogP contribution is 2.36. The van der Waals surface area contributed by atoms with E-state index >= 15 is 0 Å². The number of allylic oxidation sites excluding steroid dienone is 5. The molecule has 1 saturated carbocycles. The highest BCUT2D eigenvalue weighted by molar-refractivity contribution is 5.97. The van der Waals surface area contributed by atoms with Crippen molar-refractivity contribution in [1.82, 2.24) is 10.6 Å². The molecule has 0 aliphatic heterocycles. The van der Waals surface area contributed by atoms with Gasteiger partial charge in [-0.3, -0.25) is 29.2 Å². The van der Waals surface area contributed by atoms with Crippen LogP contribution in [0.3, 0.4) is 0 Å². The predicted octanol–water partition coefficient (Wildman–Crippen LogP) is 8.37. The lowest BCUT2D eigenvalue weighted by Crippen LogP contribution is -2.44. The predicted molar refractivity (Wildman–Crippen MR) is 226 cm³/mol. The molecular formula is C45H62N6O4. The van der Waals surface area contributed by atoms with E-state index in [1.54, 1.807) is 12.1 Å². The lowest BCUT2D eigenvalue weighted by atomic mass is 9.76. The van der Waals surface area contributed by atoms with Crippen LogP contribution in [-0.2, 0) is 32.0 Å². The van der Waals surface area contributed by atoms with Crippen LogP contribution in [-0.4, -0.2) is 49.1 Å². The topological polar surface area (TPSA) is 141 Å². The molecule has 2 aromatic carbocycles. The number of benzene rings is 2. The van der Waals surface area contributed by atoms with Gasteiger partial charge in [0.05, 0.1) is 18.9 Å². The SMILES string of the molecule is C=NC(=CC=C(NC(=O)Cc1ccccc1NC(C)=O)C(C)CC)C1CCCC(C(C=CC(NC(=O)Cc2ccccc2NC(C)=O)C(C)(C)CC)=NC)C1. The average molecular weight is 751 g/mol. The summed E-state index contributed by atoms with van der Waals surface area (Å²) in [5, 5.41) is 12.0. The molecule has 4 amide bonds. The summed E-state index contributed by atoms with van der Waals surface area (Å²) in [4.78, 5) is 59.3. The van der Waals surface area contributed by atoms with Crippen LogP contribution in [0.1, 0.15) is 98.1 Å². The number of rotatable bonds is 18. The number of hydrogen-bond donors (Lipinski definition) is 4. The average Bonchev–Trinajstić information content (AvgIpc) is 3.15. The van der Waals surface area contributed by atoms with Gasteiger partial charge in [-0.15, -0.1) is 0 Å². The van der Waals surface area contributed by atoms with Crippen LogP contribution in [0.2, 0.25) is 0 Å². The summed E-state index contributed by atoms with van der Waals surface area (Å²) in [6.45, 7) is 17.4. The molecule has 55 heavy (non-hydrogen) atoms. The summed E-state index contributed by atoms with van der Waals surface area (Å²) in [6.07, 6.45) is 13.9. The van der Waals surface area contributed by atoms with Crippen LogP contribution < -0.4 is 21.3 Å². The molecular weight excluding hydrogens is 689 g/mol. The fraction of sp³-hybridized carbons (Fsp3) is 0.467. The second kappa shape index (κ2) is 21.7. The van der Waals surface area contributed by atoms with Crippen molar-refractivity contribution in [2.45, 2.75) is 106 Å². The third kappa shape index (κ3) is 13.9. The van der Waals surface area contributed by atoms with Crippen LogP contribution in [0, 0.1) is 23.2 Å². The van der Waals surface area contributed by atoms with Gasteiger partial charge in [-0.25, -0.2) is 0 Å². The molecule has 1 fully saturated rings. The first-order valence-electron chi connectivity index (χ1n) is 19.5. The number of carbonyl (C=O) groups excluding carboxylic acids is 4. The molecule has 10 nitrogen and oxygen atoms in total. The minimum absolute atomic E-state index is 0.104. The van der Waals surface area contributed by atoms with E-state index in [1.807, 2.05) is 55.6 Å². The zero-order valence-electron chi connectivity index (χ0n) is 34.1. The second-order valence-electron chi connectivity index (χ2n) is 15.2. The number of aliphatic imine (C=N–C) groups is 2. The Kier molecular flexibility index (Phi) is 17.5. The van der Waals surface area contributed by atoms with Gasteiger partial charge in [0, 0.05) is 61.2 Å². The molecule has 296 valence electrons. The monoisotopic (exact) mass is 750 g/mol. The molecule has 0 spiro atoms. The molecule has 0 bridgehead atoms. The summed E-state index contributed by atoms with van der Waals surface area (Å²) >= 11 is 0. The molecule has 0 heterocycles. The highest BCUT2D eigenvalue weighted by atomic mass is 16.2. The van der Waals surface area contributed by atoms with E-state index in [0.717, 1.165) is 66.8 Å². The van der Waals surface area contributed by atoms with E-state index in [0.29, 0.717) is 11.4 Å². The number of para-hydroxylation sites is 2. The molecule has 4 unspecified atom stereocenters. The Bertz CT molecular complexity index is 1790. The Hall–Kier alpha value is -5.12. The smallest absolute Gasteiger partial charge is 0.228 e. The van der Waals surface area contributed by atoms with Crippen molar-refractivity contribution in [1.29, 1.82) is 0 Å². The van der Waals surface area contributed by atoms with E-state index in [4.69, 9.17) is 4.99 Å². The van der Waals surface area contributed by atoms with Crippen LogP contribution in [0.5, 0.6) is 0 Å². The van der Waals surface area contributed by atoms with E-state index in [1.165, 1.54) is 13.8 Å². The largest absolute Gasteiger partial charge is 0.349 e. The van der Waals surface area contributed by atoms with Crippen molar-refractivity contribution in [3.05, 3.63) is 95.4 Å². The quantitative estimate of drug-likeness (QED) is 0.0898. The summed E-state index contributed by atoms with van der Waals surface area (Å²) in [7, 11) is 1.82. The minimum Gasteiger partial charge on any atom is -0.349 e. The molecule has 4 atom stereocenters. The Labute approximate surface area is 328 Å². The van der Waals surface area contributed by atoms with Gasteiger partial charge in [-0.1, -0.05) is 83.5 Å². The molecule has 1 aliphatic carbocycles. The van der Waals surface area contributed by atoms with Crippen molar-refractivity contribution in [3.63, 3.8) is 0 Å². The van der Waals surface area contributed by atoms with E-state index < -0.39 is 0 Å². The van der Waals surface area contributed by atoms with Crippen LogP contribution in [0.15, 0.2) is 94.2 Å². The maximum Gasteiger partial charge on any atom is 0.228 e. The van der Waals surface area contributed by atoms with E-state index in [-0.39, 0.29) is 65.7 Å². The van der Waals surface area contributed by atoms with Crippen molar-refractivity contribution < 1.29 is 19.2 Å². The van der Waals surface area contributed by atoms with Gasteiger partial charge in [0.1, 0.15) is 0 Å². The Morgan fingerprint density at radius 1 is 0.873 bits per heavy atom. The number of nitrogens with zero attached hydrogens (tertiary/aromatic N) is 2. The van der Waals surface area contributed by atoms with Crippen LogP contribution in [0.4, 0.5) is 11.4 Å². The highest BCUT2D eigenvalue weighted by Gasteiger charge is 2.30. The van der Waals surface area contributed by atoms with E-state index in [9.17, 15) is 19.2 Å². The Morgan fingerprint density at radius 2 is 1.44 bits per heavy atom. The molecule has 3 rings (SSSR count). The number of anilines is 2. The molecule has 4 N–H and O–H groups in total. The van der Waals surface area contributed by atoms with Crippen LogP contribution in [0.25, 0.3) is 0 Å². The normalized spacial score (nSPS) is 17.9. The second-order valence-corrected chi connectivity index (χ2v) is 15.2. The zero-order valence-corrected chi connectivity index (χ0v) is 34.1. The van der Waals surface area contributed by atoms with Gasteiger partial charge in [0.25, 0.3) is 0 Å². The summed E-state index contributed by atoms with van der Waals surface area (Å²) < 4.78 is 0. The molecule has 2 aromatic rings. The van der Waals surface area contributed by atoms with Crippen molar-refractivity contribution in [2.75, 3.05) is 17.7 Å². The van der Waals surface area contributed by atoms with Gasteiger partial charge in [0.15, 0.2) is 0 Å². The lowest BCUT2D eigenvalue weighted by Gasteiger charge is -2.33. The van der Waals surface area contributed by atoms with Crippen molar-refractivity contribution in [3.8, 4) is 0 Å². The number of nitrogens with one attached hydrogen (secondary N) is 4. The van der Waals surface area contributed by atoms with Gasteiger partial charge in [-0.2, -0.15) is 0 Å². The third-order valence-electron chi connectivity index (χ3n) is 10.7. The Morgan fingerprint density at radius 3 is 1.96 bits per heavy atom. The van der Waals surface area contributed by atoms with Gasteiger partial charge in [-0.05, 0) is 91.6 Å². The first-order valence-corrected chi connectivity index (χ1v) is 19.5. The first kappa shape index (κ1) is 44.3. The van der Waals surface area contributed by atoms with Gasteiger partial charge >= 0.3 is 0 Å². The number of hydrogen-bond acceptors (Lipinski definition) is 6. The fourth-order valence-corrected chi connectivity index (χ4v) is 6.83. The van der Waals surface area contributed by atoms with Gasteiger partial charge in [0.2, 0.25) is 23.6 Å². The lowest BCUT2D eigenvalue weighted by molar-refractivity contribution is -0.122. The molecule has 0 saturated heterocycles. The summed E-state index contributed by atoms with van der Waals surface area (Å²) in [5.74, 6) is -0.168. The number of carbonyl (C=O) groups is 4. The molecule has 0 aromatic heterocycles. The third-order valence-corrected chi connectivity index (χ3v) is 10.7. The maximum absolute atomic E-state index is 13.4. The van der Waals surface area contributed by atoms with Crippen molar-refractivity contribution in [2.24, 2.45) is 33.2 Å². The minimum atomic E-state index is -0.238. The summed E-state index contributed by atoms with van der Waals surface area (Å²) in [5.41, 5.74) is 5.23. The standard InChI is InChI=1S/C45H62N6O4/c1-10-30(3)37(50-43(54)28-35-17-12-14-21-40(35)48-31(4)52)23-24-38(46-8)33-19-16-20-34(27-33)39(47-9)25-26-42(45(6,7)11-2)51-44(55)29-36-18-13-15-22-41(36)49-32(5)53/h12-15,17-18,21-26,30,33-34,42H,8,10-11,16,19-20,27-29H2,1-7,9H3,(H,48,52)(H,49,53)(H,50,54)(H,51,55). The first-order chi connectivity index (χ1) is 26.2. The molecule has 0 radical (unpaired) electrons. The molecule has 1 aliphatic rings. The van der Waals surface area contributed by atoms with Crippen LogP contribution >= 0.6 is 0 Å².